The smallest absolute Gasteiger partial charge is 0.338 e. The lowest BCUT2D eigenvalue weighted by molar-refractivity contribution is -0.136. The minimum atomic E-state index is -3.12. The number of carbonyl (C=O) groups excluding carboxylic acids is 3. The summed E-state index contributed by atoms with van der Waals surface area (Å²) in [6.07, 6.45) is 0.402. The number of carbonyl (C=O) groups is 3. The second kappa shape index (κ2) is 9.95. The van der Waals surface area contributed by atoms with Crippen LogP contribution in [-0.2, 0) is 24.2 Å². The second-order valence-corrected chi connectivity index (χ2v) is 9.74. The number of sulfone groups is 1. The second-order valence-electron chi connectivity index (χ2n) is 7.51. The van der Waals surface area contributed by atoms with Crippen LogP contribution < -0.4 is 4.74 Å². The van der Waals surface area contributed by atoms with E-state index >= 15 is 0 Å². The van der Waals surface area contributed by atoms with Crippen LogP contribution in [0.1, 0.15) is 30.6 Å². The fraction of sp³-hybridized carbons (Fsp3) is 0.348. The number of amides is 1. The van der Waals surface area contributed by atoms with Gasteiger partial charge >= 0.3 is 11.9 Å². The van der Waals surface area contributed by atoms with Gasteiger partial charge in [-0.15, -0.1) is 0 Å². The molecule has 0 aliphatic carbocycles. The van der Waals surface area contributed by atoms with Crippen LogP contribution in [0.25, 0.3) is 11.1 Å². The largest absolute Gasteiger partial charge is 0.452 e. The number of nitrogens with zero attached hydrogens (tertiary/aromatic N) is 1. The van der Waals surface area contributed by atoms with Gasteiger partial charge in [-0.2, -0.15) is 0 Å². The summed E-state index contributed by atoms with van der Waals surface area (Å²) >= 11 is 0. The van der Waals surface area contributed by atoms with E-state index in [9.17, 15) is 22.8 Å². The van der Waals surface area contributed by atoms with Crippen molar-refractivity contribution in [3.63, 3.8) is 0 Å². The van der Waals surface area contributed by atoms with Gasteiger partial charge in [0.15, 0.2) is 16.4 Å². The molecule has 1 saturated heterocycles. The summed E-state index contributed by atoms with van der Waals surface area (Å²) < 4.78 is 33.5. The molecule has 0 bridgehead atoms. The highest BCUT2D eigenvalue weighted by atomic mass is 32.2. The molecule has 1 amide bonds. The fourth-order valence-corrected chi connectivity index (χ4v) is 5.36. The monoisotopic (exact) mass is 459 g/mol. The first-order valence-corrected chi connectivity index (χ1v) is 12.1. The zero-order valence-electron chi connectivity index (χ0n) is 17.9. The van der Waals surface area contributed by atoms with Crippen molar-refractivity contribution < 1.29 is 32.3 Å². The van der Waals surface area contributed by atoms with E-state index in [-0.39, 0.29) is 17.5 Å². The van der Waals surface area contributed by atoms with Crippen LogP contribution in [0, 0.1) is 0 Å². The molecule has 9 heteroatoms. The molecule has 0 radical (unpaired) electrons. The molecule has 0 N–H and O–H groups in total. The van der Waals surface area contributed by atoms with Gasteiger partial charge in [0.25, 0.3) is 5.91 Å². The first-order valence-electron chi connectivity index (χ1n) is 10.2. The minimum absolute atomic E-state index is 0.0517. The van der Waals surface area contributed by atoms with E-state index in [4.69, 9.17) is 9.47 Å². The summed E-state index contributed by atoms with van der Waals surface area (Å²) in [5.74, 6) is -0.973. The third-order valence-electron chi connectivity index (χ3n) is 5.21. The Balaban J connectivity index is 1.57. The predicted molar refractivity (Wildman–Crippen MR) is 118 cm³/mol. The Bertz CT molecular complexity index is 1090. The number of hydrogen-bond acceptors (Lipinski definition) is 7. The quantitative estimate of drug-likeness (QED) is 0.462. The molecule has 0 saturated carbocycles. The Morgan fingerprint density at radius 3 is 2.09 bits per heavy atom. The third kappa shape index (κ3) is 5.94. The summed E-state index contributed by atoms with van der Waals surface area (Å²) in [4.78, 5) is 37.3. The average Bonchev–Trinajstić information content (AvgIpc) is 3.12. The molecule has 2 aromatic carbocycles. The fourth-order valence-electron chi connectivity index (χ4n) is 3.63. The third-order valence-corrected chi connectivity index (χ3v) is 6.96. The average molecular weight is 460 g/mol. The van der Waals surface area contributed by atoms with Crippen molar-refractivity contribution in [2.75, 3.05) is 24.7 Å². The number of benzene rings is 2. The molecule has 1 aliphatic heterocycles. The van der Waals surface area contributed by atoms with E-state index < -0.39 is 34.3 Å². The van der Waals surface area contributed by atoms with Crippen molar-refractivity contribution in [2.24, 2.45) is 0 Å². The molecule has 2 aromatic rings. The SMILES string of the molecule is CCN(C(=O)COC(=O)c1ccc(-c2ccc(OC(C)=O)cc2)cc1)C1CCS(=O)(=O)C1. The predicted octanol–water partition coefficient (Wildman–Crippen LogP) is 2.47. The lowest BCUT2D eigenvalue weighted by atomic mass is 10.0. The van der Waals surface area contributed by atoms with Crippen molar-refractivity contribution in [3.05, 3.63) is 54.1 Å². The van der Waals surface area contributed by atoms with Gasteiger partial charge in [0.05, 0.1) is 17.1 Å². The van der Waals surface area contributed by atoms with Gasteiger partial charge in [0, 0.05) is 19.5 Å². The molecular weight excluding hydrogens is 434 g/mol. The molecule has 1 atom stereocenters. The zero-order chi connectivity index (χ0) is 23.3. The van der Waals surface area contributed by atoms with Crippen LogP contribution in [-0.4, -0.2) is 61.9 Å². The molecule has 0 spiro atoms. The molecule has 0 aromatic heterocycles. The van der Waals surface area contributed by atoms with E-state index in [0.29, 0.717) is 24.3 Å². The Labute approximate surface area is 187 Å². The summed E-state index contributed by atoms with van der Waals surface area (Å²) in [6, 6.07) is 13.3. The molecule has 170 valence electrons. The summed E-state index contributed by atoms with van der Waals surface area (Å²) in [6.45, 7) is 3.00. The van der Waals surface area contributed by atoms with Crippen molar-refractivity contribution >= 4 is 27.7 Å². The molecule has 3 rings (SSSR count). The van der Waals surface area contributed by atoms with Crippen LogP contribution in [0.4, 0.5) is 0 Å². The van der Waals surface area contributed by atoms with Gasteiger partial charge in [0.1, 0.15) is 5.75 Å². The van der Waals surface area contributed by atoms with Gasteiger partial charge in [-0.1, -0.05) is 24.3 Å². The van der Waals surface area contributed by atoms with E-state index in [1.54, 1.807) is 55.5 Å². The van der Waals surface area contributed by atoms with Gasteiger partial charge in [-0.3, -0.25) is 9.59 Å². The molecule has 1 fully saturated rings. The first-order chi connectivity index (χ1) is 15.2. The number of likely N-dealkylation sites (N-methyl/N-ethyl adjacent to an activating group) is 1. The van der Waals surface area contributed by atoms with Crippen LogP contribution in [0.5, 0.6) is 5.75 Å². The lowest BCUT2D eigenvalue weighted by Crippen LogP contribution is -2.43. The maximum absolute atomic E-state index is 12.5. The Morgan fingerprint density at radius 1 is 1.00 bits per heavy atom. The van der Waals surface area contributed by atoms with Crippen molar-refractivity contribution in [3.8, 4) is 16.9 Å². The molecule has 1 heterocycles. The highest BCUT2D eigenvalue weighted by molar-refractivity contribution is 7.91. The molecule has 8 nitrogen and oxygen atoms in total. The van der Waals surface area contributed by atoms with Crippen molar-refractivity contribution in [1.82, 2.24) is 4.90 Å². The van der Waals surface area contributed by atoms with Crippen LogP contribution in [0.2, 0.25) is 0 Å². The number of hydrogen-bond donors (Lipinski definition) is 0. The Morgan fingerprint density at radius 2 is 1.59 bits per heavy atom. The topological polar surface area (TPSA) is 107 Å². The van der Waals surface area contributed by atoms with Crippen molar-refractivity contribution in [1.29, 1.82) is 0 Å². The summed E-state index contributed by atoms with van der Waals surface area (Å²) in [5.41, 5.74) is 2.03. The maximum atomic E-state index is 12.5. The Kier molecular flexibility index (Phi) is 7.29. The first kappa shape index (κ1) is 23.5. The van der Waals surface area contributed by atoms with E-state index in [0.717, 1.165) is 11.1 Å². The van der Waals surface area contributed by atoms with E-state index in [1.165, 1.54) is 11.8 Å². The van der Waals surface area contributed by atoms with E-state index in [1.807, 2.05) is 0 Å². The zero-order valence-corrected chi connectivity index (χ0v) is 18.8. The van der Waals surface area contributed by atoms with Gasteiger partial charge in [0.2, 0.25) is 0 Å². The molecule has 1 aliphatic rings. The molecular formula is C23H25NO7S. The molecule has 1 unspecified atom stereocenters. The lowest BCUT2D eigenvalue weighted by Gasteiger charge is -2.26. The molecule has 32 heavy (non-hydrogen) atoms. The number of rotatable bonds is 7. The van der Waals surface area contributed by atoms with Crippen molar-refractivity contribution in [2.45, 2.75) is 26.3 Å². The summed E-state index contributed by atoms with van der Waals surface area (Å²) in [7, 11) is -3.12. The van der Waals surface area contributed by atoms with Gasteiger partial charge < -0.3 is 14.4 Å². The summed E-state index contributed by atoms with van der Waals surface area (Å²) in [5, 5.41) is 0. The normalized spacial score (nSPS) is 16.9. The number of ether oxygens (including phenoxy) is 2. The maximum Gasteiger partial charge on any atom is 0.338 e. The minimum Gasteiger partial charge on any atom is -0.452 e. The highest BCUT2D eigenvalue weighted by Gasteiger charge is 2.34. The Hall–Kier alpha value is -3.20. The van der Waals surface area contributed by atoms with E-state index in [2.05, 4.69) is 0 Å². The van der Waals surface area contributed by atoms with Crippen LogP contribution >= 0.6 is 0 Å². The highest BCUT2D eigenvalue weighted by Crippen LogP contribution is 2.23. The standard InChI is InChI=1S/C23H25NO7S/c1-3-24(20-12-13-32(28,29)15-20)22(26)14-30-23(27)19-6-4-17(5-7-19)18-8-10-21(11-9-18)31-16(2)25/h4-11,20H,3,12-15H2,1-2H3. The van der Waals surface area contributed by atoms with Gasteiger partial charge in [-0.25, -0.2) is 13.2 Å². The van der Waals surface area contributed by atoms with Gasteiger partial charge in [-0.05, 0) is 48.7 Å². The number of esters is 2. The van der Waals surface area contributed by atoms with Crippen LogP contribution in [0.15, 0.2) is 48.5 Å². The van der Waals surface area contributed by atoms with Crippen LogP contribution in [0.3, 0.4) is 0 Å².